The minimum absolute atomic E-state index is 0.558. The van der Waals surface area contributed by atoms with Crippen LogP contribution in [0, 0.1) is 0 Å². The van der Waals surface area contributed by atoms with Crippen molar-refractivity contribution in [2.45, 2.75) is 0 Å². The van der Waals surface area contributed by atoms with E-state index in [2.05, 4.69) is 19.9 Å². The molecule has 0 aliphatic heterocycles. The van der Waals surface area contributed by atoms with Gasteiger partial charge in [0.05, 0.1) is 22.9 Å². The Hall–Kier alpha value is -2.60. The molecule has 0 amide bonds. The minimum atomic E-state index is 0.558. The Bertz CT molecular complexity index is 1140. The van der Waals surface area contributed by atoms with E-state index in [4.69, 9.17) is 27.9 Å². The molecule has 29 heavy (non-hydrogen) atoms. The number of nitrogens with zero attached hydrogens (tertiary/aromatic N) is 3. The summed E-state index contributed by atoms with van der Waals surface area (Å²) in [5.74, 6) is 0.704. The van der Waals surface area contributed by atoms with Crippen molar-refractivity contribution in [3.63, 3.8) is 0 Å². The molecule has 0 fully saturated rings. The predicted molar refractivity (Wildman–Crippen MR) is 119 cm³/mol. The van der Waals surface area contributed by atoms with E-state index in [-0.39, 0.29) is 0 Å². The summed E-state index contributed by atoms with van der Waals surface area (Å²) >= 11 is 12.6. The second kappa shape index (κ2) is 8.41. The van der Waals surface area contributed by atoms with Gasteiger partial charge in [0.1, 0.15) is 12.4 Å². The highest BCUT2D eigenvalue weighted by Gasteiger charge is 2.19. The molecule has 1 aromatic carbocycles. The number of aromatic amines is 1. The van der Waals surface area contributed by atoms with E-state index in [1.165, 1.54) is 0 Å². The number of likely N-dealkylation sites (N-methyl/N-ethyl adjacent to an activating group) is 1. The third kappa shape index (κ3) is 4.22. The molecule has 0 saturated heterocycles. The molecule has 0 aliphatic carbocycles. The fourth-order valence-corrected chi connectivity index (χ4v) is 3.77. The summed E-state index contributed by atoms with van der Waals surface area (Å²) in [6.45, 7) is 1.36. The second-order valence-corrected chi connectivity index (χ2v) is 7.83. The van der Waals surface area contributed by atoms with Gasteiger partial charge in [0.15, 0.2) is 0 Å². The average molecular weight is 427 g/mol. The van der Waals surface area contributed by atoms with Crippen molar-refractivity contribution >= 4 is 34.2 Å². The maximum Gasteiger partial charge on any atom is 0.146 e. The molecule has 7 heteroatoms. The summed E-state index contributed by atoms with van der Waals surface area (Å²) in [4.78, 5) is 14.4. The van der Waals surface area contributed by atoms with E-state index in [1.54, 1.807) is 24.7 Å². The molecule has 5 nitrogen and oxygen atoms in total. The highest BCUT2D eigenvalue weighted by molar-refractivity contribution is 6.35. The number of aromatic nitrogens is 3. The number of halogens is 2. The second-order valence-electron chi connectivity index (χ2n) is 6.96. The maximum absolute atomic E-state index is 6.29. The average Bonchev–Trinajstić information content (AvgIpc) is 3.06. The molecule has 3 aromatic heterocycles. The van der Waals surface area contributed by atoms with Crippen LogP contribution in [0.1, 0.15) is 0 Å². The largest absolute Gasteiger partial charge is 0.490 e. The molecule has 1 N–H and O–H groups in total. The lowest BCUT2D eigenvalue weighted by Crippen LogP contribution is -2.19. The molecule has 3 heterocycles. The van der Waals surface area contributed by atoms with Crippen molar-refractivity contribution in [1.82, 2.24) is 19.9 Å². The van der Waals surface area contributed by atoms with E-state index in [0.717, 1.165) is 40.0 Å². The van der Waals surface area contributed by atoms with Gasteiger partial charge in [-0.05, 0) is 56.1 Å². The number of pyridine rings is 2. The Morgan fingerprint density at radius 3 is 2.62 bits per heavy atom. The van der Waals surface area contributed by atoms with Crippen LogP contribution in [0.5, 0.6) is 5.75 Å². The Labute approximate surface area is 179 Å². The quantitative estimate of drug-likeness (QED) is 0.439. The summed E-state index contributed by atoms with van der Waals surface area (Å²) in [6.07, 6.45) is 5.26. The van der Waals surface area contributed by atoms with E-state index in [9.17, 15) is 0 Å². The van der Waals surface area contributed by atoms with Crippen LogP contribution in [0.25, 0.3) is 33.4 Å². The van der Waals surface area contributed by atoms with Gasteiger partial charge in [-0.1, -0.05) is 23.2 Å². The van der Waals surface area contributed by atoms with Gasteiger partial charge in [0.2, 0.25) is 0 Å². The summed E-state index contributed by atoms with van der Waals surface area (Å²) < 4.78 is 6.04. The van der Waals surface area contributed by atoms with Crippen molar-refractivity contribution in [2.75, 3.05) is 27.2 Å². The van der Waals surface area contributed by atoms with Gasteiger partial charge < -0.3 is 14.6 Å². The first-order chi connectivity index (χ1) is 14.0. The molecule has 0 bridgehead atoms. The molecule has 148 valence electrons. The van der Waals surface area contributed by atoms with Crippen LogP contribution in [0.4, 0.5) is 0 Å². The summed E-state index contributed by atoms with van der Waals surface area (Å²) in [6, 6.07) is 11.3. The third-order valence-corrected chi connectivity index (χ3v) is 4.99. The molecular formula is C22H20Cl2N4O. The van der Waals surface area contributed by atoms with Crippen molar-refractivity contribution in [3.05, 3.63) is 65.0 Å². The van der Waals surface area contributed by atoms with Crippen LogP contribution >= 0.6 is 23.2 Å². The zero-order valence-electron chi connectivity index (χ0n) is 16.1. The van der Waals surface area contributed by atoms with Crippen molar-refractivity contribution < 1.29 is 4.74 Å². The standard InChI is InChI=1S/C22H20Cl2N4O/c1-28(2)8-9-29-19-13-25-7-5-17(19)21-20(14-10-15(23)12-16(24)11-14)22-18(27-21)4-3-6-26-22/h3-7,10-13,27H,8-9H2,1-2H3. The van der Waals surface area contributed by atoms with Gasteiger partial charge in [-0.15, -0.1) is 0 Å². The lowest BCUT2D eigenvalue weighted by molar-refractivity contribution is 0.261. The van der Waals surface area contributed by atoms with Crippen LogP contribution in [-0.2, 0) is 0 Å². The number of ether oxygens (including phenoxy) is 1. The highest BCUT2D eigenvalue weighted by Crippen LogP contribution is 2.41. The van der Waals surface area contributed by atoms with Crippen LogP contribution in [0.15, 0.2) is 55.0 Å². The van der Waals surface area contributed by atoms with Crippen molar-refractivity contribution in [2.24, 2.45) is 0 Å². The molecule has 0 aliphatic rings. The van der Waals surface area contributed by atoms with Gasteiger partial charge in [-0.2, -0.15) is 0 Å². The van der Waals surface area contributed by atoms with Crippen LogP contribution in [-0.4, -0.2) is 47.1 Å². The third-order valence-electron chi connectivity index (χ3n) is 4.56. The van der Waals surface area contributed by atoms with Gasteiger partial charge >= 0.3 is 0 Å². The lowest BCUT2D eigenvalue weighted by atomic mass is 10.0. The lowest BCUT2D eigenvalue weighted by Gasteiger charge is -2.14. The molecule has 0 spiro atoms. The Kier molecular flexibility index (Phi) is 5.72. The number of H-pyrrole nitrogens is 1. The number of benzene rings is 1. The fraction of sp³-hybridized carbons (Fsp3) is 0.182. The van der Waals surface area contributed by atoms with E-state index in [0.29, 0.717) is 22.4 Å². The zero-order chi connectivity index (χ0) is 20.4. The number of hydrogen-bond donors (Lipinski definition) is 1. The molecule has 4 aromatic rings. The first kappa shape index (κ1) is 19.7. The van der Waals surface area contributed by atoms with Crippen LogP contribution < -0.4 is 4.74 Å². The van der Waals surface area contributed by atoms with Gasteiger partial charge in [-0.3, -0.25) is 9.97 Å². The Morgan fingerprint density at radius 2 is 1.86 bits per heavy atom. The van der Waals surface area contributed by atoms with Gasteiger partial charge in [-0.25, -0.2) is 0 Å². The molecule has 0 radical (unpaired) electrons. The maximum atomic E-state index is 6.29. The Morgan fingerprint density at radius 1 is 1.07 bits per heavy atom. The first-order valence-electron chi connectivity index (χ1n) is 9.18. The number of fused-ring (bicyclic) bond motifs is 1. The monoisotopic (exact) mass is 426 g/mol. The topological polar surface area (TPSA) is 54.0 Å². The van der Waals surface area contributed by atoms with Gasteiger partial charge in [0, 0.05) is 40.1 Å². The van der Waals surface area contributed by atoms with Crippen molar-refractivity contribution in [3.8, 4) is 28.1 Å². The predicted octanol–water partition coefficient (Wildman–Crippen LogP) is 5.54. The van der Waals surface area contributed by atoms with E-state index in [1.807, 2.05) is 44.4 Å². The molecule has 0 unspecified atom stereocenters. The number of hydrogen-bond acceptors (Lipinski definition) is 4. The number of rotatable bonds is 6. The van der Waals surface area contributed by atoms with Crippen molar-refractivity contribution in [1.29, 1.82) is 0 Å². The SMILES string of the molecule is CN(C)CCOc1cnccc1-c1[nH]c2cccnc2c1-c1cc(Cl)cc(Cl)c1. The minimum Gasteiger partial charge on any atom is -0.490 e. The molecule has 0 saturated carbocycles. The highest BCUT2D eigenvalue weighted by atomic mass is 35.5. The summed E-state index contributed by atoms with van der Waals surface area (Å²) in [7, 11) is 4.02. The van der Waals surface area contributed by atoms with E-state index >= 15 is 0 Å². The normalized spacial score (nSPS) is 11.3. The smallest absolute Gasteiger partial charge is 0.146 e. The molecular weight excluding hydrogens is 407 g/mol. The molecule has 4 rings (SSSR count). The first-order valence-corrected chi connectivity index (χ1v) is 9.93. The van der Waals surface area contributed by atoms with Crippen LogP contribution in [0.2, 0.25) is 10.0 Å². The zero-order valence-corrected chi connectivity index (χ0v) is 17.6. The summed E-state index contributed by atoms with van der Waals surface area (Å²) in [5.41, 5.74) is 5.37. The number of nitrogens with one attached hydrogen (secondary N) is 1. The fourth-order valence-electron chi connectivity index (χ4n) is 3.24. The van der Waals surface area contributed by atoms with E-state index < -0.39 is 0 Å². The van der Waals surface area contributed by atoms with Crippen LogP contribution in [0.3, 0.4) is 0 Å². The molecule has 0 atom stereocenters. The Balaban J connectivity index is 1.89. The summed E-state index contributed by atoms with van der Waals surface area (Å²) in [5, 5.41) is 1.14. The van der Waals surface area contributed by atoms with Gasteiger partial charge in [0.25, 0.3) is 0 Å².